The third kappa shape index (κ3) is 2.86. The van der Waals surface area contributed by atoms with Crippen molar-refractivity contribution in [1.82, 2.24) is 9.97 Å². The highest BCUT2D eigenvalue weighted by atomic mass is 35.5. The van der Waals surface area contributed by atoms with E-state index in [1.165, 1.54) is 11.1 Å². The van der Waals surface area contributed by atoms with E-state index in [2.05, 4.69) is 9.97 Å². The fourth-order valence-electron chi connectivity index (χ4n) is 3.42. The Morgan fingerprint density at radius 3 is 2.70 bits per heavy atom. The molecule has 1 fully saturated rings. The maximum atomic E-state index is 13.7. The van der Waals surface area contributed by atoms with Crippen molar-refractivity contribution >= 4 is 29.0 Å². The van der Waals surface area contributed by atoms with Crippen LogP contribution in [0.25, 0.3) is 0 Å². The highest BCUT2D eigenvalue weighted by Gasteiger charge is 2.47. The average molecular weight is 345 g/mol. The number of carbonyl (C=O) groups is 1. The molecule has 2 aliphatic rings. The molecule has 1 aromatic heterocycles. The van der Waals surface area contributed by atoms with Gasteiger partial charge in [0.25, 0.3) is 0 Å². The standard InChI is InChI=1S/C15H19ClF2N4O/c1-14(2)8-22(9-4-5-15(17,18)6-9)11-10(21(3)12(14)23)7-19-13(16)20-11/h7,9H,4-6,8H2,1-3H3. The quantitative estimate of drug-likeness (QED) is 0.734. The summed E-state index contributed by atoms with van der Waals surface area (Å²) in [6.07, 6.45) is 1.46. The first-order chi connectivity index (χ1) is 10.6. The predicted octanol–water partition coefficient (Wildman–Crippen LogP) is 3.13. The van der Waals surface area contributed by atoms with Gasteiger partial charge in [0.15, 0.2) is 5.82 Å². The number of anilines is 2. The third-order valence-electron chi connectivity index (χ3n) is 4.62. The van der Waals surface area contributed by atoms with Crippen LogP contribution in [0.5, 0.6) is 0 Å². The Morgan fingerprint density at radius 1 is 1.39 bits per heavy atom. The van der Waals surface area contributed by atoms with Gasteiger partial charge in [0.05, 0.1) is 11.6 Å². The fourth-order valence-corrected chi connectivity index (χ4v) is 3.55. The fraction of sp³-hybridized carbons (Fsp3) is 0.667. The molecule has 126 valence electrons. The van der Waals surface area contributed by atoms with E-state index in [-0.39, 0.29) is 30.1 Å². The molecule has 2 heterocycles. The van der Waals surface area contributed by atoms with Gasteiger partial charge >= 0.3 is 0 Å². The summed E-state index contributed by atoms with van der Waals surface area (Å²) >= 11 is 5.91. The molecule has 3 rings (SSSR count). The van der Waals surface area contributed by atoms with Crippen LogP contribution >= 0.6 is 11.6 Å². The lowest BCUT2D eigenvalue weighted by Crippen LogP contribution is -2.45. The van der Waals surface area contributed by atoms with Crippen molar-refractivity contribution in [2.45, 2.75) is 45.1 Å². The number of rotatable bonds is 1. The first-order valence-electron chi connectivity index (χ1n) is 7.56. The average Bonchev–Trinajstić information content (AvgIpc) is 2.80. The summed E-state index contributed by atoms with van der Waals surface area (Å²) in [5, 5.41) is 0.0408. The van der Waals surface area contributed by atoms with Crippen LogP contribution < -0.4 is 9.80 Å². The molecule has 1 unspecified atom stereocenters. The second kappa shape index (κ2) is 5.26. The molecule has 23 heavy (non-hydrogen) atoms. The maximum Gasteiger partial charge on any atom is 0.250 e. The first-order valence-corrected chi connectivity index (χ1v) is 7.94. The van der Waals surface area contributed by atoms with Gasteiger partial charge in [0.1, 0.15) is 5.69 Å². The van der Waals surface area contributed by atoms with Crippen LogP contribution in [0.1, 0.15) is 33.1 Å². The Morgan fingerprint density at radius 2 is 2.09 bits per heavy atom. The summed E-state index contributed by atoms with van der Waals surface area (Å²) in [6.45, 7) is 3.94. The van der Waals surface area contributed by atoms with Crippen LogP contribution in [0.15, 0.2) is 6.20 Å². The summed E-state index contributed by atoms with van der Waals surface area (Å²) in [5.41, 5.74) is -0.222. The zero-order valence-corrected chi connectivity index (χ0v) is 14.1. The van der Waals surface area contributed by atoms with Gasteiger partial charge in [-0.3, -0.25) is 4.79 Å². The number of hydrogen-bond donors (Lipinski definition) is 0. The molecule has 1 atom stereocenters. The van der Waals surface area contributed by atoms with Crippen LogP contribution in [0.3, 0.4) is 0 Å². The van der Waals surface area contributed by atoms with Crippen LogP contribution in [0, 0.1) is 5.41 Å². The molecule has 1 saturated carbocycles. The van der Waals surface area contributed by atoms with Crippen molar-refractivity contribution in [2.75, 3.05) is 23.4 Å². The van der Waals surface area contributed by atoms with Gasteiger partial charge in [-0.05, 0) is 31.9 Å². The lowest BCUT2D eigenvalue weighted by molar-refractivity contribution is -0.125. The van der Waals surface area contributed by atoms with Gasteiger partial charge < -0.3 is 9.80 Å². The predicted molar refractivity (Wildman–Crippen MR) is 84.2 cm³/mol. The lowest BCUT2D eigenvalue weighted by atomic mass is 9.91. The topological polar surface area (TPSA) is 49.3 Å². The largest absolute Gasteiger partial charge is 0.350 e. The minimum absolute atomic E-state index is 0.0408. The molecular weight excluding hydrogens is 326 g/mol. The van der Waals surface area contributed by atoms with Gasteiger partial charge in [0.2, 0.25) is 17.1 Å². The summed E-state index contributed by atoms with van der Waals surface area (Å²) in [5.74, 6) is -2.32. The van der Waals surface area contributed by atoms with Gasteiger partial charge in [-0.15, -0.1) is 0 Å². The first kappa shape index (κ1) is 16.4. The molecule has 8 heteroatoms. The Kier molecular flexibility index (Phi) is 3.74. The van der Waals surface area contributed by atoms with E-state index in [4.69, 9.17) is 11.6 Å². The van der Waals surface area contributed by atoms with Gasteiger partial charge in [-0.25, -0.2) is 13.8 Å². The van der Waals surface area contributed by atoms with E-state index in [1.54, 1.807) is 7.05 Å². The maximum absolute atomic E-state index is 13.7. The van der Waals surface area contributed by atoms with E-state index >= 15 is 0 Å². The second-order valence-electron chi connectivity index (χ2n) is 6.98. The Hall–Kier alpha value is -1.50. The summed E-state index contributed by atoms with van der Waals surface area (Å²) < 4.78 is 27.4. The number of nitrogens with zero attached hydrogens (tertiary/aromatic N) is 4. The minimum atomic E-state index is -2.67. The van der Waals surface area contributed by atoms with Crippen molar-refractivity contribution in [3.63, 3.8) is 0 Å². The molecule has 0 bridgehead atoms. The van der Waals surface area contributed by atoms with Crippen LogP contribution in [-0.2, 0) is 4.79 Å². The van der Waals surface area contributed by atoms with Crippen molar-refractivity contribution in [1.29, 1.82) is 0 Å². The smallest absolute Gasteiger partial charge is 0.250 e. The molecule has 0 saturated heterocycles. The highest BCUT2D eigenvalue weighted by molar-refractivity contribution is 6.28. The normalized spacial score (nSPS) is 26.2. The monoisotopic (exact) mass is 344 g/mol. The molecule has 0 aromatic carbocycles. The third-order valence-corrected chi connectivity index (χ3v) is 4.80. The van der Waals surface area contributed by atoms with Crippen molar-refractivity contribution in [2.24, 2.45) is 5.41 Å². The van der Waals surface area contributed by atoms with Gasteiger partial charge in [0, 0.05) is 32.5 Å². The Balaban J connectivity index is 2.09. The Labute approximate surface area is 138 Å². The van der Waals surface area contributed by atoms with Gasteiger partial charge in [-0.1, -0.05) is 0 Å². The summed E-state index contributed by atoms with van der Waals surface area (Å²) in [6, 6.07) is -0.367. The molecule has 1 amide bonds. The van der Waals surface area contributed by atoms with Gasteiger partial charge in [-0.2, -0.15) is 4.98 Å². The molecule has 5 nitrogen and oxygen atoms in total. The van der Waals surface area contributed by atoms with Crippen molar-refractivity contribution < 1.29 is 13.6 Å². The SMILES string of the molecule is CN1C(=O)C(C)(C)CN(C2CCC(F)(F)C2)c2nc(Cl)ncc21. The van der Waals surface area contributed by atoms with E-state index in [1.807, 2.05) is 18.7 Å². The second-order valence-corrected chi connectivity index (χ2v) is 7.31. The number of aromatic nitrogens is 2. The lowest BCUT2D eigenvalue weighted by Gasteiger charge is -2.34. The number of amides is 1. The number of hydrogen-bond acceptors (Lipinski definition) is 4. The van der Waals surface area contributed by atoms with E-state index < -0.39 is 11.3 Å². The van der Waals surface area contributed by atoms with E-state index in [0.29, 0.717) is 24.5 Å². The number of halogens is 3. The number of carbonyl (C=O) groups excluding carboxylic acids is 1. The summed E-state index contributed by atoms with van der Waals surface area (Å²) in [7, 11) is 1.65. The minimum Gasteiger partial charge on any atom is -0.350 e. The molecular formula is C15H19ClF2N4O. The van der Waals surface area contributed by atoms with Crippen LogP contribution in [0.4, 0.5) is 20.3 Å². The van der Waals surface area contributed by atoms with E-state index in [0.717, 1.165) is 0 Å². The van der Waals surface area contributed by atoms with Crippen LogP contribution in [-0.4, -0.2) is 41.4 Å². The number of alkyl halides is 2. The number of fused-ring (bicyclic) bond motifs is 1. The highest BCUT2D eigenvalue weighted by Crippen LogP contribution is 2.43. The molecule has 0 radical (unpaired) electrons. The molecule has 0 N–H and O–H groups in total. The summed E-state index contributed by atoms with van der Waals surface area (Å²) in [4.78, 5) is 24.1. The molecule has 0 spiro atoms. The van der Waals surface area contributed by atoms with Crippen molar-refractivity contribution in [3.8, 4) is 0 Å². The van der Waals surface area contributed by atoms with E-state index in [9.17, 15) is 13.6 Å². The van der Waals surface area contributed by atoms with Crippen molar-refractivity contribution in [3.05, 3.63) is 11.5 Å². The van der Waals surface area contributed by atoms with Crippen LogP contribution in [0.2, 0.25) is 5.28 Å². The molecule has 1 aliphatic carbocycles. The molecule has 1 aliphatic heterocycles. The zero-order chi connectivity index (χ0) is 17.0. The zero-order valence-electron chi connectivity index (χ0n) is 13.3. The Bertz CT molecular complexity index is 652. The molecule has 1 aromatic rings.